The summed E-state index contributed by atoms with van der Waals surface area (Å²) >= 11 is 0. The van der Waals surface area contributed by atoms with Crippen LogP contribution in [-0.4, -0.2) is 0 Å². The second kappa shape index (κ2) is 12.1. The number of para-hydroxylation sites is 1. The molecule has 8 aromatic rings. The lowest BCUT2D eigenvalue weighted by molar-refractivity contribution is -0.0399. The van der Waals surface area contributed by atoms with Gasteiger partial charge in [-0.05, 0) is 159 Å². The number of hydrogen-bond donors (Lipinski definition) is 0. The van der Waals surface area contributed by atoms with E-state index in [2.05, 4.69) is 183 Å². The van der Waals surface area contributed by atoms with E-state index in [-0.39, 0.29) is 10.8 Å². The van der Waals surface area contributed by atoms with E-state index in [1.165, 1.54) is 98.6 Å². The Morgan fingerprint density at radius 1 is 0.443 bits per heavy atom. The third-order valence-corrected chi connectivity index (χ3v) is 16.4. The number of nitrogens with zero attached hydrogens (tertiary/aromatic N) is 1. The first-order valence-corrected chi connectivity index (χ1v) is 22.7. The van der Waals surface area contributed by atoms with Crippen LogP contribution in [0.3, 0.4) is 0 Å². The van der Waals surface area contributed by atoms with Gasteiger partial charge in [0.05, 0.1) is 5.69 Å². The molecule has 1 spiro atoms. The third kappa shape index (κ3) is 4.53. The van der Waals surface area contributed by atoms with Crippen LogP contribution in [-0.2, 0) is 10.8 Å². The van der Waals surface area contributed by atoms with E-state index in [0.29, 0.717) is 0 Å². The Hall–Kier alpha value is -6.38. The molecule has 1 aliphatic heterocycles. The fourth-order valence-corrected chi connectivity index (χ4v) is 14.2. The highest BCUT2D eigenvalue weighted by molar-refractivity contribution is 6.04. The van der Waals surface area contributed by atoms with Gasteiger partial charge in [0.15, 0.2) is 0 Å². The molecule has 0 unspecified atom stereocenters. The molecule has 4 fully saturated rings. The Kier molecular flexibility index (Phi) is 6.83. The van der Waals surface area contributed by atoms with E-state index in [9.17, 15) is 0 Å². The summed E-state index contributed by atoms with van der Waals surface area (Å²) in [5.74, 6) is 5.07. The molecule has 1 heterocycles. The number of ether oxygens (including phenoxy) is 1. The molecule has 0 aromatic heterocycles. The molecule has 294 valence electrons. The Morgan fingerprint density at radius 2 is 1.03 bits per heavy atom. The van der Waals surface area contributed by atoms with Crippen molar-refractivity contribution >= 4 is 27.8 Å². The molecule has 2 nitrogen and oxygen atoms in total. The second-order valence-corrected chi connectivity index (χ2v) is 19.7. The number of rotatable bonds is 4. The number of fused-ring (bicyclic) bond motifs is 8. The summed E-state index contributed by atoms with van der Waals surface area (Å²) in [5, 5.41) is 2.39. The topological polar surface area (TPSA) is 12.5 Å². The largest absolute Gasteiger partial charge is 0.456 e. The molecule has 0 N–H and O–H groups in total. The smallest absolute Gasteiger partial charge is 0.137 e. The summed E-state index contributed by atoms with van der Waals surface area (Å²) < 4.78 is 6.84. The Labute approximate surface area is 358 Å². The maximum Gasteiger partial charge on any atom is 0.137 e. The van der Waals surface area contributed by atoms with E-state index in [4.69, 9.17) is 4.74 Å². The Bertz CT molecular complexity index is 3150. The molecule has 61 heavy (non-hydrogen) atoms. The summed E-state index contributed by atoms with van der Waals surface area (Å²) in [4.78, 5) is 2.50. The molecular formula is C59H47NO. The molecule has 0 atom stereocenters. The molecule has 0 saturated heterocycles. The maximum absolute atomic E-state index is 6.84. The standard InChI is InChI=1S/C59H47NO/c1-58(2)50-17-6-3-14-44(50)46-25-22-41(33-52(46)58)60(42-23-26-48-49-16-9-11-37-12-10-20-55(57(37)49)61-56(48)34-42)54-19-8-5-13-43(54)38-21-24-47-45-15-4-7-18-51(45)59(53(47)32-38)39-28-35-27-36(30-39)31-40(59)29-35/h3-26,32-36,39-40H,27-31H2,1-2H3. The average Bonchev–Trinajstić information content (AvgIpc) is 3.70. The van der Waals surface area contributed by atoms with Gasteiger partial charge < -0.3 is 9.64 Å². The van der Waals surface area contributed by atoms with Gasteiger partial charge in [-0.15, -0.1) is 0 Å². The fourth-order valence-electron chi connectivity index (χ4n) is 14.2. The Morgan fingerprint density at radius 3 is 1.82 bits per heavy atom. The van der Waals surface area contributed by atoms with Gasteiger partial charge in [0.2, 0.25) is 0 Å². The van der Waals surface area contributed by atoms with Crippen molar-refractivity contribution in [1.82, 2.24) is 0 Å². The van der Waals surface area contributed by atoms with Crippen molar-refractivity contribution in [3.05, 3.63) is 186 Å². The first-order chi connectivity index (χ1) is 29.9. The molecule has 8 aromatic carbocycles. The van der Waals surface area contributed by atoms with Gasteiger partial charge in [-0.2, -0.15) is 0 Å². The van der Waals surface area contributed by atoms with Crippen LogP contribution in [0.2, 0.25) is 0 Å². The van der Waals surface area contributed by atoms with Crippen LogP contribution in [0.4, 0.5) is 17.1 Å². The minimum atomic E-state index is -0.129. The molecule has 7 aliphatic rings. The molecule has 2 heteroatoms. The normalized spacial score (nSPS) is 23.6. The molecule has 15 rings (SSSR count). The lowest BCUT2D eigenvalue weighted by Gasteiger charge is -2.61. The quantitative estimate of drug-likeness (QED) is 0.176. The van der Waals surface area contributed by atoms with Crippen molar-refractivity contribution < 1.29 is 4.74 Å². The number of anilines is 3. The number of benzene rings is 8. The van der Waals surface area contributed by atoms with Gasteiger partial charge in [0.25, 0.3) is 0 Å². The predicted octanol–water partition coefficient (Wildman–Crippen LogP) is 15.8. The van der Waals surface area contributed by atoms with Crippen LogP contribution in [0.25, 0.3) is 55.3 Å². The van der Waals surface area contributed by atoms with Gasteiger partial charge in [-0.1, -0.05) is 129 Å². The lowest BCUT2D eigenvalue weighted by atomic mass is 9.43. The fraction of sp³-hybridized carbons (Fsp3) is 0.220. The van der Waals surface area contributed by atoms with Crippen molar-refractivity contribution in [2.24, 2.45) is 23.7 Å². The summed E-state index contributed by atoms with van der Waals surface area (Å²) in [6.07, 6.45) is 6.99. The third-order valence-electron chi connectivity index (χ3n) is 16.4. The molecule has 6 aliphatic carbocycles. The molecule has 0 amide bonds. The monoisotopic (exact) mass is 785 g/mol. The summed E-state index contributed by atoms with van der Waals surface area (Å²) in [6.45, 7) is 4.76. The highest BCUT2D eigenvalue weighted by Gasteiger charge is 2.61. The first kappa shape index (κ1) is 34.3. The van der Waals surface area contributed by atoms with Crippen molar-refractivity contribution in [2.45, 2.75) is 56.8 Å². The highest BCUT2D eigenvalue weighted by Crippen LogP contribution is 2.69. The van der Waals surface area contributed by atoms with Crippen LogP contribution in [0.15, 0.2) is 164 Å². The summed E-state index contributed by atoms with van der Waals surface area (Å²) in [7, 11) is 0. The van der Waals surface area contributed by atoms with Gasteiger partial charge in [0, 0.05) is 44.8 Å². The molecular weight excluding hydrogens is 739 g/mol. The predicted molar refractivity (Wildman–Crippen MR) is 250 cm³/mol. The van der Waals surface area contributed by atoms with Crippen molar-refractivity contribution in [1.29, 1.82) is 0 Å². The zero-order valence-electron chi connectivity index (χ0n) is 34.8. The van der Waals surface area contributed by atoms with E-state index in [1.807, 2.05) is 0 Å². The van der Waals surface area contributed by atoms with E-state index < -0.39 is 0 Å². The SMILES string of the molecule is CC1(C)c2ccccc2-c2ccc(N(c3ccc4c(c3)Oc3cccc5cccc-4c35)c3ccccc3-c3ccc4c(c3)C3(c5ccccc5-4)C4CC5CC(C4)CC3C5)cc21. The van der Waals surface area contributed by atoms with Crippen molar-refractivity contribution in [3.8, 4) is 56.0 Å². The van der Waals surface area contributed by atoms with Gasteiger partial charge in [-0.3, -0.25) is 0 Å². The zero-order chi connectivity index (χ0) is 40.2. The van der Waals surface area contributed by atoms with Crippen LogP contribution < -0.4 is 9.64 Å². The minimum absolute atomic E-state index is 0.111. The Balaban J connectivity index is 0.968. The minimum Gasteiger partial charge on any atom is -0.456 e. The second-order valence-electron chi connectivity index (χ2n) is 19.7. The van der Waals surface area contributed by atoms with Crippen LogP contribution in [0.1, 0.15) is 68.2 Å². The lowest BCUT2D eigenvalue weighted by Crippen LogP contribution is -2.55. The number of hydrogen-bond acceptors (Lipinski definition) is 2. The summed E-state index contributed by atoms with van der Waals surface area (Å²) in [5.41, 5.74) is 19.8. The van der Waals surface area contributed by atoms with Crippen LogP contribution in [0.5, 0.6) is 11.5 Å². The highest BCUT2D eigenvalue weighted by atomic mass is 16.5. The van der Waals surface area contributed by atoms with E-state index >= 15 is 0 Å². The molecule has 0 radical (unpaired) electrons. The summed E-state index contributed by atoms with van der Waals surface area (Å²) in [6, 6.07) is 62.1. The van der Waals surface area contributed by atoms with Crippen LogP contribution in [0, 0.1) is 23.7 Å². The molecule has 4 bridgehead atoms. The molecule has 4 saturated carbocycles. The maximum atomic E-state index is 6.84. The van der Waals surface area contributed by atoms with E-state index in [0.717, 1.165) is 52.1 Å². The first-order valence-electron chi connectivity index (χ1n) is 22.7. The van der Waals surface area contributed by atoms with Gasteiger partial charge in [0.1, 0.15) is 11.5 Å². The van der Waals surface area contributed by atoms with Gasteiger partial charge >= 0.3 is 0 Å². The zero-order valence-corrected chi connectivity index (χ0v) is 34.8. The van der Waals surface area contributed by atoms with Crippen molar-refractivity contribution in [2.75, 3.05) is 4.90 Å². The average molecular weight is 786 g/mol. The van der Waals surface area contributed by atoms with Gasteiger partial charge in [-0.25, -0.2) is 0 Å². The van der Waals surface area contributed by atoms with Crippen LogP contribution >= 0.6 is 0 Å². The van der Waals surface area contributed by atoms with E-state index in [1.54, 1.807) is 11.1 Å². The van der Waals surface area contributed by atoms with Crippen molar-refractivity contribution in [3.63, 3.8) is 0 Å².